The minimum atomic E-state index is 0.627. The number of para-hydroxylation sites is 3. The Morgan fingerprint density at radius 1 is 0.769 bits per heavy atom. The highest BCUT2D eigenvalue weighted by Gasteiger charge is 2.17. The third-order valence-corrected chi connectivity index (χ3v) is 7.19. The fourth-order valence-corrected chi connectivity index (χ4v) is 5.47. The van der Waals surface area contributed by atoms with Gasteiger partial charge in [0.1, 0.15) is 5.58 Å². The third-order valence-electron chi connectivity index (χ3n) is 7.19. The summed E-state index contributed by atoms with van der Waals surface area (Å²) in [5, 5.41) is 4.45. The Hall–Kier alpha value is -5.27. The van der Waals surface area contributed by atoms with Crippen LogP contribution in [0.15, 0.2) is 126 Å². The van der Waals surface area contributed by atoms with E-state index in [2.05, 4.69) is 119 Å². The molecular formula is C35H25N3O. The van der Waals surface area contributed by atoms with Crippen LogP contribution in [0.2, 0.25) is 0 Å². The quantitative estimate of drug-likeness (QED) is 0.225. The molecule has 0 spiro atoms. The van der Waals surface area contributed by atoms with Crippen molar-refractivity contribution in [3.05, 3.63) is 121 Å². The van der Waals surface area contributed by atoms with E-state index in [-0.39, 0.29) is 0 Å². The maximum absolute atomic E-state index is 6.19. The molecule has 0 aliphatic carbocycles. The summed E-state index contributed by atoms with van der Waals surface area (Å²) >= 11 is 0. The molecule has 3 aromatic heterocycles. The van der Waals surface area contributed by atoms with E-state index >= 15 is 0 Å². The Kier molecular flexibility index (Phi) is 5.42. The summed E-state index contributed by atoms with van der Waals surface area (Å²) in [6, 6.07) is 35.9. The zero-order valence-corrected chi connectivity index (χ0v) is 21.7. The van der Waals surface area contributed by atoms with Crippen molar-refractivity contribution in [2.75, 3.05) is 4.90 Å². The van der Waals surface area contributed by atoms with Crippen LogP contribution in [-0.4, -0.2) is 9.55 Å². The molecule has 0 fully saturated rings. The van der Waals surface area contributed by atoms with Crippen molar-refractivity contribution in [2.45, 2.75) is 13.8 Å². The maximum atomic E-state index is 6.19. The van der Waals surface area contributed by atoms with E-state index in [0.717, 1.165) is 50.1 Å². The van der Waals surface area contributed by atoms with E-state index in [4.69, 9.17) is 9.40 Å². The van der Waals surface area contributed by atoms with Crippen molar-refractivity contribution < 1.29 is 4.42 Å². The van der Waals surface area contributed by atoms with Gasteiger partial charge >= 0.3 is 0 Å². The molecular weight excluding hydrogens is 478 g/mol. The minimum absolute atomic E-state index is 0.627. The highest BCUT2D eigenvalue weighted by atomic mass is 16.3. The number of furan rings is 1. The summed E-state index contributed by atoms with van der Waals surface area (Å²) in [5.41, 5.74) is 7.88. The predicted molar refractivity (Wildman–Crippen MR) is 162 cm³/mol. The summed E-state index contributed by atoms with van der Waals surface area (Å²) < 4.78 is 8.47. The molecule has 3 heterocycles. The fraction of sp³-hybridized carbons (Fsp3) is 0.0571. The number of fused-ring (bicyclic) bond motifs is 6. The van der Waals surface area contributed by atoms with Crippen molar-refractivity contribution in [1.29, 1.82) is 0 Å². The van der Waals surface area contributed by atoms with Gasteiger partial charge in [0.15, 0.2) is 0 Å². The van der Waals surface area contributed by atoms with Crippen LogP contribution in [0.1, 0.15) is 13.8 Å². The highest BCUT2D eigenvalue weighted by Crippen LogP contribution is 2.37. The largest absolute Gasteiger partial charge is 0.438 e. The molecule has 0 aliphatic rings. The lowest BCUT2D eigenvalue weighted by Crippen LogP contribution is -2.14. The molecule has 0 aliphatic heterocycles. The normalized spacial score (nSPS) is 11.8. The lowest BCUT2D eigenvalue weighted by atomic mass is 10.1. The number of anilines is 2. The molecule has 0 saturated carbocycles. The van der Waals surface area contributed by atoms with Crippen molar-refractivity contribution in [3.63, 3.8) is 0 Å². The number of hydrogen-bond donors (Lipinski definition) is 0. The average Bonchev–Trinajstić information content (AvgIpc) is 3.52. The molecule has 4 heteroatoms. The third kappa shape index (κ3) is 3.75. The predicted octanol–water partition coefficient (Wildman–Crippen LogP) is 9.14. The highest BCUT2D eigenvalue weighted by molar-refractivity contribution is 6.10. The van der Waals surface area contributed by atoms with Gasteiger partial charge in [-0.2, -0.15) is 0 Å². The first kappa shape index (κ1) is 22.9. The molecule has 0 N–H and O–H groups in total. The van der Waals surface area contributed by atoms with Crippen LogP contribution in [-0.2, 0) is 0 Å². The van der Waals surface area contributed by atoms with E-state index in [1.165, 1.54) is 10.8 Å². The molecule has 39 heavy (non-hydrogen) atoms. The molecule has 4 aromatic carbocycles. The Labute approximate surface area is 226 Å². The Morgan fingerprint density at radius 2 is 1.46 bits per heavy atom. The van der Waals surface area contributed by atoms with E-state index in [1.54, 1.807) is 0 Å². The van der Waals surface area contributed by atoms with Crippen LogP contribution >= 0.6 is 0 Å². The van der Waals surface area contributed by atoms with E-state index in [0.29, 0.717) is 5.71 Å². The first-order valence-electron chi connectivity index (χ1n) is 13.0. The number of aromatic nitrogens is 2. The van der Waals surface area contributed by atoms with Crippen LogP contribution in [0.4, 0.5) is 11.4 Å². The van der Waals surface area contributed by atoms with E-state index in [9.17, 15) is 0 Å². The number of benzene rings is 4. The summed E-state index contributed by atoms with van der Waals surface area (Å²) in [4.78, 5) is 6.98. The second-order valence-electron chi connectivity index (χ2n) is 9.55. The van der Waals surface area contributed by atoms with Gasteiger partial charge < -0.3 is 13.9 Å². The topological polar surface area (TPSA) is 34.2 Å². The molecule has 0 unspecified atom stereocenters. The lowest BCUT2D eigenvalue weighted by Gasteiger charge is -2.25. The van der Waals surface area contributed by atoms with Crippen LogP contribution in [0.25, 0.3) is 49.6 Å². The van der Waals surface area contributed by atoms with Crippen LogP contribution in [0.5, 0.6) is 0 Å². The standard InChI is InChI=1S/C35H25N3O/c1-3-4-12-24(2)37(25-13-6-5-7-14-25)26-19-20-34-30(21-26)31-22-27(23-36-35(31)39-34)38-32-17-10-8-15-28(32)29-16-9-11-18-33(29)38/h5-23H,1-2H3/b24-12+. The number of pyridine rings is 1. The number of hydrogen-bond acceptors (Lipinski definition) is 3. The molecule has 4 nitrogen and oxygen atoms in total. The molecule has 7 aromatic rings. The smallest absolute Gasteiger partial charge is 0.227 e. The van der Waals surface area contributed by atoms with E-state index < -0.39 is 0 Å². The summed E-state index contributed by atoms with van der Waals surface area (Å²) in [6.45, 7) is 3.93. The van der Waals surface area contributed by atoms with Gasteiger partial charge in [-0.25, -0.2) is 4.98 Å². The average molecular weight is 504 g/mol. The maximum Gasteiger partial charge on any atom is 0.227 e. The lowest BCUT2D eigenvalue weighted by molar-refractivity contribution is 0.654. The summed E-state index contributed by atoms with van der Waals surface area (Å²) in [6.07, 6.45) is 3.85. The molecule has 0 amide bonds. The number of allylic oxidation sites excluding steroid dienone is 2. The second-order valence-corrected chi connectivity index (χ2v) is 9.55. The zero-order chi connectivity index (χ0) is 26.3. The molecule has 7 rings (SSSR count). The first-order valence-corrected chi connectivity index (χ1v) is 13.0. The SMILES string of the molecule is CC#C/C=C(\C)N(c1ccccc1)c1ccc2oc3ncc(-n4c5ccccc5c5ccccc54)cc3c2c1. The van der Waals surface area contributed by atoms with E-state index in [1.807, 2.05) is 31.3 Å². The minimum Gasteiger partial charge on any atom is -0.438 e. The zero-order valence-electron chi connectivity index (χ0n) is 21.7. The van der Waals surface area contributed by atoms with Gasteiger partial charge in [0.25, 0.3) is 0 Å². The van der Waals surface area contributed by atoms with Gasteiger partial charge in [0.2, 0.25) is 5.71 Å². The Balaban J connectivity index is 1.45. The van der Waals surface area contributed by atoms with Crippen molar-refractivity contribution in [2.24, 2.45) is 0 Å². The summed E-state index contributed by atoms with van der Waals surface area (Å²) in [7, 11) is 0. The molecule has 0 atom stereocenters. The van der Waals surface area contributed by atoms with Crippen LogP contribution < -0.4 is 4.90 Å². The van der Waals surface area contributed by atoms with Crippen LogP contribution in [0.3, 0.4) is 0 Å². The van der Waals surface area contributed by atoms with Gasteiger partial charge in [0.05, 0.1) is 28.3 Å². The molecule has 186 valence electrons. The summed E-state index contributed by atoms with van der Waals surface area (Å²) in [5.74, 6) is 6.07. The Morgan fingerprint density at radius 3 is 2.18 bits per heavy atom. The van der Waals surface area contributed by atoms with Crippen LogP contribution in [0, 0.1) is 11.8 Å². The van der Waals surface area contributed by atoms with Gasteiger partial charge in [0, 0.05) is 39.3 Å². The van der Waals surface area contributed by atoms with Gasteiger partial charge in [-0.1, -0.05) is 60.5 Å². The van der Waals surface area contributed by atoms with Crippen molar-refractivity contribution in [3.8, 4) is 17.5 Å². The second kappa shape index (κ2) is 9.24. The number of nitrogens with zero attached hydrogens (tertiary/aromatic N) is 3. The van der Waals surface area contributed by atoms with Gasteiger partial charge in [-0.15, -0.1) is 5.92 Å². The molecule has 0 saturated heterocycles. The van der Waals surface area contributed by atoms with Crippen molar-refractivity contribution >= 4 is 55.2 Å². The number of rotatable bonds is 4. The Bertz CT molecular complexity index is 2050. The molecule has 0 bridgehead atoms. The van der Waals surface area contributed by atoms with Gasteiger partial charge in [-0.05, 0) is 62.4 Å². The first-order chi connectivity index (χ1) is 19.2. The molecule has 0 radical (unpaired) electrons. The fourth-order valence-electron chi connectivity index (χ4n) is 5.47. The van der Waals surface area contributed by atoms with Crippen molar-refractivity contribution in [1.82, 2.24) is 9.55 Å². The van der Waals surface area contributed by atoms with Gasteiger partial charge in [-0.3, -0.25) is 0 Å². The monoisotopic (exact) mass is 503 g/mol.